The van der Waals surface area contributed by atoms with Gasteiger partial charge < -0.3 is 4.42 Å². The second kappa shape index (κ2) is 6.44. The van der Waals surface area contributed by atoms with E-state index >= 15 is 0 Å². The summed E-state index contributed by atoms with van der Waals surface area (Å²) in [5.74, 6) is -0.337. The Morgan fingerprint density at radius 2 is 1.25 bits per heavy atom. The highest BCUT2D eigenvalue weighted by Gasteiger charge is 2.21. The van der Waals surface area contributed by atoms with Crippen molar-refractivity contribution in [2.45, 2.75) is 4.90 Å². The van der Waals surface area contributed by atoms with Crippen molar-refractivity contribution >= 4 is 41.9 Å². The van der Waals surface area contributed by atoms with Crippen LogP contribution in [0.25, 0.3) is 22.3 Å². The number of halogens is 3. The zero-order valence-corrected chi connectivity index (χ0v) is 16.0. The first-order valence-electron chi connectivity index (χ1n) is 6.64. The van der Waals surface area contributed by atoms with E-state index in [0.717, 1.165) is 22.3 Å². The van der Waals surface area contributed by atoms with Crippen LogP contribution < -0.4 is 5.14 Å². The molecule has 3 rings (SSSR count). The third-order valence-corrected chi connectivity index (χ3v) is 5.47. The lowest BCUT2D eigenvalue weighted by molar-refractivity contribution is 0.518. The van der Waals surface area contributed by atoms with Crippen molar-refractivity contribution in [1.29, 1.82) is 0 Å². The molecule has 0 radical (unpaired) electrons. The zero-order chi connectivity index (χ0) is 17.5. The summed E-state index contributed by atoms with van der Waals surface area (Å²) in [6, 6.07) is 12.1. The standard InChI is InChI=1S/C16H10Br2FNO3S/c17-15-13(9-1-5-11(19)6-2-9)14(16(18)23-15)10-3-7-12(8-4-10)24(20,21)22/h1-8H,(H2,20,21,22). The molecule has 0 saturated heterocycles. The SMILES string of the molecule is NS(=O)(=O)c1ccc(-c2c(Br)oc(Br)c2-c2ccc(F)cc2)cc1. The molecular formula is C16H10Br2FNO3S. The number of benzene rings is 2. The molecule has 1 aromatic heterocycles. The molecule has 8 heteroatoms. The zero-order valence-electron chi connectivity index (χ0n) is 12.0. The average molecular weight is 475 g/mol. The van der Waals surface area contributed by atoms with Crippen LogP contribution in [0, 0.1) is 5.82 Å². The largest absolute Gasteiger partial charge is 0.441 e. The van der Waals surface area contributed by atoms with Gasteiger partial charge in [0.25, 0.3) is 0 Å². The van der Waals surface area contributed by atoms with Crippen LogP contribution in [0.4, 0.5) is 4.39 Å². The Morgan fingerprint density at radius 3 is 1.67 bits per heavy atom. The first-order chi connectivity index (χ1) is 11.3. The normalized spacial score (nSPS) is 11.7. The van der Waals surface area contributed by atoms with E-state index in [-0.39, 0.29) is 10.7 Å². The second-order valence-corrected chi connectivity index (χ2v) is 7.98. The number of hydrogen-bond donors (Lipinski definition) is 1. The first-order valence-corrected chi connectivity index (χ1v) is 9.77. The van der Waals surface area contributed by atoms with Gasteiger partial charge in [0, 0.05) is 11.1 Å². The van der Waals surface area contributed by atoms with Crippen LogP contribution in [0.2, 0.25) is 0 Å². The van der Waals surface area contributed by atoms with Gasteiger partial charge in [-0.25, -0.2) is 17.9 Å². The van der Waals surface area contributed by atoms with Crippen molar-refractivity contribution < 1.29 is 17.2 Å². The van der Waals surface area contributed by atoms with Gasteiger partial charge in [0.2, 0.25) is 10.0 Å². The lowest BCUT2D eigenvalue weighted by Gasteiger charge is -2.06. The van der Waals surface area contributed by atoms with Crippen molar-refractivity contribution in [2.75, 3.05) is 0 Å². The Balaban J connectivity index is 2.17. The average Bonchev–Trinajstić information content (AvgIpc) is 2.82. The molecule has 0 saturated carbocycles. The molecule has 2 aromatic carbocycles. The summed E-state index contributed by atoms with van der Waals surface area (Å²) in [5, 5.41) is 5.12. The lowest BCUT2D eigenvalue weighted by atomic mass is 9.99. The van der Waals surface area contributed by atoms with Crippen molar-refractivity contribution in [3.63, 3.8) is 0 Å². The van der Waals surface area contributed by atoms with Crippen molar-refractivity contribution in [2.24, 2.45) is 5.14 Å². The van der Waals surface area contributed by atoms with Gasteiger partial charge in [-0.3, -0.25) is 0 Å². The van der Waals surface area contributed by atoms with Gasteiger partial charge in [0.15, 0.2) is 9.34 Å². The smallest absolute Gasteiger partial charge is 0.238 e. The lowest BCUT2D eigenvalue weighted by Crippen LogP contribution is -2.11. The molecule has 2 N–H and O–H groups in total. The van der Waals surface area contributed by atoms with Crippen LogP contribution in [0.1, 0.15) is 0 Å². The predicted octanol–water partition coefficient (Wildman–Crippen LogP) is 4.93. The molecule has 0 amide bonds. The monoisotopic (exact) mass is 473 g/mol. The fourth-order valence-corrected chi connectivity index (χ4v) is 4.23. The third kappa shape index (κ3) is 3.32. The maximum atomic E-state index is 13.2. The molecule has 0 aliphatic carbocycles. The molecule has 0 spiro atoms. The highest BCUT2D eigenvalue weighted by molar-refractivity contribution is 9.11. The van der Waals surface area contributed by atoms with Crippen LogP contribution in [-0.2, 0) is 10.0 Å². The molecule has 0 unspecified atom stereocenters. The Hall–Kier alpha value is -1.48. The van der Waals surface area contributed by atoms with Gasteiger partial charge in [-0.05, 0) is 67.3 Å². The van der Waals surface area contributed by atoms with Gasteiger partial charge in [-0.1, -0.05) is 24.3 Å². The molecule has 0 fully saturated rings. The molecule has 0 aliphatic heterocycles. The van der Waals surface area contributed by atoms with E-state index in [1.807, 2.05) is 0 Å². The number of rotatable bonds is 3. The third-order valence-electron chi connectivity index (χ3n) is 3.43. The number of sulfonamides is 1. The quantitative estimate of drug-likeness (QED) is 0.585. The molecule has 0 atom stereocenters. The molecular weight excluding hydrogens is 465 g/mol. The Labute approximate surface area is 154 Å². The Morgan fingerprint density at radius 1 is 0.833 bits per heavy atom. The van der Waals surface area contributed by atoms with Crippen LogP contribution in [0.15, 0.2) is 67.2 Å². The van der Waals surface area contributed by atoms with E-state index in [9.17, 15) is 12.8 Å². The van der Waals surface area contributed by atoms with Crippen LogP contribution in [0.5, 0.6) is 0 Å². The second-order valence-electron chi connectivity index (χ2n) is 4.98. The van der Waals surface area contributed by atoms with Crippen LogP contribution in [-0.4, -0.2) is 8.42 Å². The molecule has 0 aliphatic rings. The van der Waals surface area contributed by atoms with Crippen LogP contribution >= 0.6 is 31.9 Å². The summed E-state index contributed by atoms with van der Waals surface area (Å²) in [7, 11) is -3.76. The molecule has 3 aromatic rings. The van der Waals surface area contributed by atoms with Crippen LogP contribution in [0.3, 0.4) is 0 Å². The van der Waals surface area contributed by atoms with Crippen molar-refractivity contribution in [3.8, 4) is 22.3 Å². The van der Waals surface area contributed by atoms with Gasteiger partial charge in [-0.2, -0.15) is 0 Å². The fourth-order valence-electron chi connectivity index (χ4n) is 2.32. The first kappa shape index (κ1) is 17.3. The number of primary sulfonamides is 1. The molecule has 1 heterocycles. The molecule has 4 nitrogen and oxygen atoms in total. The van der Waals surface area contributed by atoms with Gasteiger partial charge >= 0.3 is 0 Å². The van der Waals surface area contributed by atoms with E-state index < -0.39 is 10.0 Å². The summed E-state index contributed by atoms with van der Waals surface area (Å²) in [4.78, 5) is 0.0215. The minimum atomic E-state index is -3.76. The Kier molecular flexibility index (Phi) is 4.65. The maximum absolute atomic E-state index is 13.2. The van der Waals surface area contributed by atoms with Gasteiger partial charge in [-0.15, -0.1) is 0 Å². The molecule has 124 valence electrons. The molecule has 0 bridgehead atoms. The van der Waals surface area contributed by atoms with Crippen molar-refractivity contribution in [3.05, 3.63) is 63.7 Å². The van der Waals surface area contributed by atoms with E-state index in [1.54, 1.807) is 24.3 Å². The minimum absolute atomic E-state index is 0.0215. The maximum Gasteiger partial charge on any atom is 0.238 e. The van der Waals surface area contributed by atoms with E-state index in [4.69, 9.17) is 9.56 Å². The predicted molar refractivity (Wildman–Crippen MR) is 96.3 cm³/mol. The van der Waals surface area contributed by atoms with E-state index in [2.05, 4.69) is 31.9 Å². The number of nitrogens with two attached hydrogens (primary N) is 1. The topological polar surface area (TPSA) is 73.3 Å². The van der Waals surface area contributed by atoms with Crippen molar-refractivity contribution in [1.82, 2.24) is 0 Å². The summed E-state index contributed by atoms with van der Waals surface area (Å²) in [6.07, 6.45) is 0. The minimum Gasteiger partial charge on any atom is -0.441 e. The van der Waals surface area contributed by atoms with Gasteiger partial charge in [0.05, 0.1) is 4.90 Å². The number of hydrogen-bond acceptors (Lipinski definition) is 3. The Bertz CT molecular complexity index is 997. The summed E-state index contributed by atoms with van der Waals surface area (Å²) < 4.78 is 42.5. The highest BCUT2D eigenvalue weighted by Crippen LogP contribution is 2.45. The highest BCUT2D eigenvalue weighted by atomic mass is 79.9. The van der Waals surface area contributed by atoms with E-state index in [1.165, 1.54) is 24.3 Å². The summed E-state index contributed by atoms with van der Waals surface area (Å²) in [5.41, 5.74) is 2.92. The molecule has 24 heavy (non-hydrogen) atoms. The fraction of sp³-hybridized carbons (Fsp3) is 0. The number of furan rings is 1. The summed E-state index contributed by atoms with van der Waals surface area (Å²) >= 11 is 6.72. The summed E-state index contributed by atoms with van der Waals surface area (Å²) in [6.45, 7) is 0. The van der Waals surface area contributed by atoms with E-state index in [0.29, 0.717) is 9.34 Å². The van der Waals surface area contributed by atoms with Gasteiger partial charge in [0.1, 0.15) is 5.82 Å².